The molecule has 29 heavy (non-hydrogen) atoms. The average molecular weight is 407 g/mol. The minimum absolute atomic E-state index is 0.455. The van der Waals surface area contributed by atoms with Gasteiger partial charge in [-0.15, -0.1) is 0 Å². The fraction of sp³-hybridized carbons (Fsp3) is 0.636. The van der Waals surface area contributed by atoms with Crippen LogP contribution in [0.5, 0.6) is 5.75 Å². The van der Waals surface area contributed by atoms with Crippen molar-refractivity contribution in [3.8, 4) is 5.75 Å². The van der Waals surface area contributed by atoms with Crippen molar-refractivity contribution >= 4 is 10.9 Å². The molecule has 162 valence electrons. The van der Waals surface area contributed by atoms with Crippen molar-refractivity contribution in [1.29, 1.82) is 0 Å². The zero-order valence-electron chi connectivity index (χ0n) is 17.9. The Hall–Kier alpha value is -1.64. The highest BCUT2D eigenvalue weighted by Crippen LogP contribution is 2.32. The Morgan fingerprint density at radius 1 is 1.07 bits per heavy atom. The number of aromatic amines is 1. The lowest BCUT2D eigenvalue weighted by Gasteiger charge is -2.39. The third-order valence-corrected chi connectivity index (χ3v) is 5.77. The first-order valence-electron chi connectivity index (χ1n) is 10.4. The van der Waals surface area contributed by atoms with Crippen molar-refractivity contribution in [2.75, 3.05) is 6.54 Å². The normalized spacial score (nSPS) is 28.0. The quantitative estimate of drug-likeness (QED) is 0.562. The van der Waals surface area contributed by atoms with Gasteiger partial charge in [-0.2, -0.15) is 0 Å². The number of ether oxygens (including phenoxy) is 2. The Morgan fingerprint density at radius 2 is 1.76 bits per heavy atom. The first kappa shape index (κ1) is 22.1. The molecule has 1 aliphatic heterocycles. The number of aromatic nitrogens is 1. The largest absolute Gasteiger partial charge is 0.461 e. The van der Waals surface area contributed by atoms with Gasteiger partial charge in [0.2, 0.25) is 6.29 Å². The molecular formula is C22H34N2O5. The zero-order chi connectivity index (χ0) is 21.3. The van der Waals surface area contributed by atoms with E-state index in [0.717, 1.165) is 29.4 Å². The molecule has 7 nitrogen and oxygen atoms in total. The molecular weight excluding hydrogens is 372 g/mol. The number of hydrogen-bond acceptors (Lipinski definition) is 6. The molecule has 1 aromatic heterocycles. The van der Waals surface area contributed by atoms with Crippen LogP contribution in [-0.4, -0.2) is 74.5 Å². The molecule has 3 rings (SSSR count). The van der Waals surface area contributed by atoms with Gasteiger partial charge in [-0.05, 0) is 58.7 Å². The van der Waals surface area contributed by atoms with Crippen molar-refractivity contribution < 1.29 is 24.8 Å². The van der Waals surface area contributed by atoms with Crippen LogP contribution in [0.2, 0.25) is 0 Å². The van der Waals surface area contributed by atoms with Gasteiger partial charge in [-0.25, -0.2) is 0 Å². The molecule has 7 heteroatoms. The Kier molecular flexibility index (Phi) is 6.86. The number of hydrogen-bond donors (Lipinski definition) is 4. The van der Waals surface area contributed by atoms with Crippen molar-refractivity contribution in [2.45, 2.75) is 83.8 Å². The van der Waals surface area contributed by atoms with Crippen molar-refractivity contribution in [1.82, 2.24) is 9.88 Å². The molecule has 4 N–H and O–H groups in total. The second-order valence-corrected chi connectivity index (χ2v) is 8.47. The van der Waals surface area contributed by atoms with Crippen LogP contribution in [0.25, 0.3) is 10.9 Å². The van der Waals surface area contributed by atoms with Crippen molar-refractivity contribution in [2.24, 2.45) is 0 Å². The molecule has 0 aliphatic carbocycles. The molecule has 0 bridgehead atoms. The van der Waals surface area contributed by atoms with E-state index >= 15 is 0 Å². The van der Waals surface area contributed by atoms with Crippen LogP contribution in [0.3, 0.4) is 0 Å². The van der Waals surface area contributed by atoms with E-state index in [1.54, 1.807) is 6.92 Å². The highest BCUT2D eigenvalue weighted by atomic mass is 16.7. The minimum atomic E-state index is -1.34. The molecule has 1 aromatic carbocycles. The van der Waals surface area contributed by atoms with Crippen molar-refractivity contribution in [3.05, 3.63) is 30.0 Å². The van der Waals surface area contributed by atoms with Crippen LogP contribution in [0.4, 0.5) is 0 Å². The van der Waals surface area contributed by atoms with Crippen LogP contribution >= 0.6 is 0 Å². The van der Waals surface area contributed by atoms with Gasteiger partial charge in [0.1, 0.15) is 24.1 Å². The van der Waals surface area contributed by atoms with Gasteiger partial charge in [0.15, 0.2) is 0 Å². The molecule has 1 saturated heterocycles. The highest BCUT2D eigenvalue weighted by Gasteiger charge is 2.43. The fourth-order valence-corrected chi connectivity index (χ4v) is 4.11. The SMILES string of the molecule is CC1OC(Oc2cccc3[nH]cc(CCN(C(C)C)C(C)C)c23)C(O)C(O)C1O. The molecule has 2 heterocycles. The number of aliphatic hydroxyl groups excluding tert-OH is 3. The second-order valence-electron chi connectivity index (χ2n) is 8.47. The molecule has 0 amide bonds. The van der Waals surface area contributed by atoms with Crippen LogP contribution in [0.1, 0.15) is 40.2 Å². The van der Waals surface area contributed by atoms with Gasteiger partial charge < -0.3 is 29.8 Å². The molecule has 0 saturated carbocycles. The van der Waals surface area contributed by atoms with E-state index in [-0.39, 0.29) is 0 Å². The summed E-state index contributed by atoms with van der Waals surface area (Å²) in [5.74, 6) is 0.583. The number of fused-ring (bicyclic) bond motifs is 1. The second kappa shape index (κ2) is 9.02. The van der Waals surface area contributed by atoms with Gasteiger partial charge in [0.25, 0.3) is 0 Å². The molecule has 1 aliphatic rings. The number of H-pyrrole nitrogens is 1. The topological polar surface area (TPSA) is 98.2 Å². The van der Waals surface area contributed by atoms with E-state index in [4.69, 9.17) is 9.47 Å². The maximum Gasteiger partial charge on any atom is 0.229 e. The maximum atomic E-state index is 10.3. The van der Waals surface area contributed by atoms with E-state index in [1.165, 1.54) is 0 Å². The van der Waals surface area contributed by atoms with Crippen LogP contribution in [0, 0.1) is 0 Å². The number of benzene rings is 1. The summed E-state index contributed by atoms with van der Waals surface area (Å²) in [4.78, 5) is 5.73. The first-order chi connectivity index (χ1) is 13.7. The predicted molar refractivity (Wildman–Crippen MR) is 112 cm³/mol. The molecule has 0 radical (unpaired) electrons. The van der Waals surface area contributed by atoms with E-state index < -0.39 is 30.7 Å². The Bertz CT molecular complexity index is 798. The summed E-state index contributed by atoms with van der Waals surface area (Å²) in [6.45, 7) is 11.4. The van der Waals surface area contributed by atoms with Gasteiger partial charge in [0.05, 0.1) is 6.10 Å². The smallest absolute Gasteiger partial charge is 0.229 e. The summed E-state index contributed by atoms with van der Waals surface area (Å²) < 4.78 is 11.6. The monoisotopic (exact) mass is 406 g/mol. The summed E-state index contributed by atoms with van der Waals surface area (Å²) in [7, 11) is 0. The third-order valence-electron chi connectivity index (χ3n) is 5.77. The van der Waals surface area contributed by atoms with E-state index in [0.29, 0.717) is 17.8 Å². The molecule has 0 spiro atoms. The zero-order valence-corrected chi connectivity index (χ0v) is 17.9. The number of rotatable bonds is 7. The van der Waals surface area contributed by atoms with Crippen LogP contribution in [0.15, 0.2) is 24.4 Å². The molecule has 1 fully saturated rings. The average Bonchev–Trinajstić information content (AvgIpc) is 3.08. The molecule has 5 atom stereocenters. The summed E-state index contributed by atoms with van der Waals surface area (Å²) in [6, 6.07) is 6.59. The highest BCUT2D eigenvalue weighted by molar-refractivity contribution is 5.89. The lowest BCUT2D eigenvalue weighted by atomic mass is 10.00. The maximum absolute atomic E-state index is 10.3. The molecule has 5 unspecified atom stereocenters. The van der Waals surface area contributed by atoms with Crippen molar-refractivity contribution in [3.63, 3.8) is 0 Å². The van der Waals surface area contributed by atoms with Gasteiger partial charge in [0, 0.05) is 35.7 Å². The third kappa shape index (κ3) is 4.59. The van der Waals surface area contributed by atoms with E-state index in [9.17, 15) is 15.3 Å². The summed E-state index contributed by atoms with van der Waals surface area (Å²) in [5, 5.41) is 31.2. The van der Waals surface area contributed by atoms with E-state index in [1.807, 2.05) is 24.4 Å². The Morgan fingerprint density at radius 3 is 2.41 bits per heavy atom. The lowest BCUT2D eigenvalue weighted by molar-refractivity contribution is -0.267. The first-order valence-corrected chi connectivity index (χ1v) is 10.4. The van der Waals surface area contributed by atoms with Gasteiger partial charge in [-0.1, -0.05) is 6.07 Å². The lowest BCUT2D eigenvalue weighted by Crippen LogP contribution is -2.58. The fourth-order valence-electron chi connectivity index (χ4n) is 4.11. The number of aliphatic hydroxyl groups is 3. The van der Waals surface area contributed by atoms with Gasteiger partial charge >= 0.3 is 0 Å². The summed E-state index contributed by atoms with van der Waals surface area (Å²) in [5.41, 5.74) is 2.07. The standard InChI is InChI=1S/C22H34N2O5/c1-12(2)24(13(3)4)10-9-15-11-23-16-7-6-8-17(18(15)16)29-22-21(27)20(26)19(25)14(5)28-22/h6-8,11-14,19-23,25-27H,9-10H2,1-5H3. The minimum Gasteiger partial charge on any atom is -0.461 e. The Balaban J connectivity index is 1.83. The number of nitrogens with zero attached hydrogens (tertiary/aromatic N) is 1. The van der Waals surface area contributed by atoms with Crippen LogP contribution < -0.4 is 4.74 Å². The predicted octanol–water partition coefficient (Wildman–Crippen LogP) is 2.04. The summed E-state index contributed by atoms with van der Waals surface area (Å²) in [6.07, 6.45) is -2.66. The van der Waals surface area contributed by atoms with Gasteiger partial charge in [-0.3, -0.25) is 4.90 Å². The molecule has 2 aromatic rings. The Labute approximate surface area is 172 Å². The van der Waals surface area contributed by atoms with Crippen LogP contribution in [-0.2, 0) is 11.2 Å². The van der Waals surface area contributed by atoms with E-state index in [2.05, 4.69) is 37.6 Å². The number of nitrogens with one attached hydrogen (secondary N) is 1. The summed E-state index contributed by atoms with van der Waals surface area (Å²) >= 11 is 0.